The number of nitrogens with two attached hydrogens (primary N) is 1. The Morgan fingerprint density at radius 2 is 2.10 bits per heavy atom. The van der Waals surface area contributed by atoms with Crippen LogP contribution in [0.3, 0.4) is 0 Å². The van der Waals surface area contributed by atoms with E-state index in [-0.39, 0.29) is 24.5 Å². The molecule has 0 unspecified atom stereocenters. The van der Waals surface area contributed by atoms with Crippen molar-refractivity contribution in [3.63, 3.8) is 0 Å². The minimum absolute atomic E-state index is 0.208. The molecule has 0 aromatic heterocycles. The standard InChI is InChI=1S/C12H18N2O5S/c1-3-19-12(15)6-7-20(16,17)14-10-5-4-9(13)8-11(10)18-2/h4-5,8,14H,3,6-7,13H2,1-2H3. The Morgan fingerprint density at radius 3 is 2.70 bits per heavy atom. The maximum atomic E-state index is 11.9. The van der Waals surface area contributed by atoms with Gasteiger partial charge in [0.15, 0.2) is 0 Å². The molecule has 0 atom stereocenters. The number of esters is 1. The van der Waals surface area contributed by atoms with Gasteiger partial charge >= 0.3 is 5.97 Å². The molecule has 0 saturated heterocycles. The number of nitrogens with one attached hydrogen (secondary N) is 1. The molecule has 3 N–H and O–H groups in total. The van der Waals surface area contributed by atoms with E-state index in [0.717, 1.165) is 0 Å². The van der Waals surface area contributed by atoms with Crippen LogP contribution < -0.4 is 15.2 Å². The average Bonchev–Trinajstić information content (AvgIpc) is 2.39. The van der Waals surface area contributed by atoms with Gasteiger partial charge in [-0.25, -0.2) is 8.42 Å². The van der Waals surface area contributed by atoms with Crippen LogP contribution in [0.25, 0.3) is 0 Å². The number of anilines is 2. The van der Waals surface area contributed by atoms with E-state index in [1.807, 2.05) is 0 Å². The molecule has 0 heterocycles. The fourth-order valence-corrected chi connectivity index (χ4v) is 2.50. The molecular formula is C12H18N2O5S. The van der Waals surface area contributed by atoms with Crippen LogP contribution >= 0.6 is 0 Å². The molecule has 8 heteroatoms. The number of sulfonamides is 1. The van der Waals surface area contributed by atoms with E-state index in [2.05, 4.69) is 9.46 Å². The minimum atomic E-state index is -3.67. The molecule has 1 rings (SSSR count). The lowest BCUT2D eigenvalue weighted by Crippen LogP contribution is -2.20. The van der Waals surface area contributed by atoms with Crippen molar-refractivity contribution in [2.75, 3.05) is 29.9 Å². The number of nitrogen functional groups attached to an aromatic ring is 1. The Morgan fingerprint density at radius 1 is 1.40 bits per heavy atom. The van der Waals surface area contributed by atoms with E-state index in [4.69, 9.17) is 10.5 Å². The average molecular weight is 302 g/mol. The van der Waals surface area contributed by atoms with E-state index in [1.165, 1.54) is 19.2 Å². The zero-order valence-electron chi connectivity index (χ0n) is 11.4. The van der Waals surface area contributed by atoms with Crippen molar-refractivity contribution in [3.8, 4) is 5.75 Å². The van der Waals surface area contributed by atoms with Crippen molar-refractivity contribution < 1.29 is 22.7 Å². The second kappa shape index (κ2) is 6.99. The molecule has 1 aromatic rings. The zero-order valence-corrected chi connectivity index (χ0v) is 12.2. The lowest BCUT2D eigenvalue weighted by Gasteiger charge is -2.12. The molecule has 0 radical (unpaired) electrons. The van der Waals surface area contributed by atoms with Crippen molar-refractivity contribution in [2.24, 2.45) is 0 Å². The summed E-state index contributed by atoms with van der Waals surface area (Å²) in [5, 5.41) is 0. The first kappa shape index (κ1) is 16.1. The van der Waals surface area contributed by atoms with Crippen LogP contribution in [-0.4, -0.2) is 33.9 Å². The summed E-state index contributed by atoms with van der Waals surface area (Å²) < 4.78 is 35.8. The van der Waals surface area contributed by atoms with Gasteiger partial charge in [0.1, 0.15) is 5.75 Å². The van der Waals surface area contributed by atoms with Gasteiger partial charge in [-0.15, -0.1) is 0 Å². The quantitative estimate of drug-likeness (QED) is 0.574. The van der Waals surface area contributed by atoms with Gasteiger partial charge in [-0.1, -0.05) is 0 Å². The molecule has 0 aliphatic heterocycles. The van der Waals surface area contributed by atoms with Crippen molar-refractivity contribution in [3.05, 3.63) is 18.2 Å². The lowest BCUT2D eigenvalue weighted by atomic mass is 10.2. The van der Waals surface area contributed by atoms with E-state index >= 15 is 0 Å². The SMILES string of the molecule is CCOC(=O)CCS(=O)(=O)Nc1ccc(N)cc1OC. The molecule has 0 bridgehead atoms. The highest BCUT2D eigenvalue weighted by Gasteiger charge is 2.16. The van der Waals surface area contributed by atoms with Crippen molar-refractivity contribution >= 4 is 27.4 Å². The van der Waals surface area contributed by atoms with Gasteiger partial charge in [-0.05, 0) is 19.1 Å². The Kier molecular flexibility index (Phi) is 5.63. The summed E-state index contributed by atoms with van der Waals surface area (Å²) in [6.45, 7) is 1.88. The molecule has 112 valence electrons. The largest absolute Gasteiger partial charge is 0.494 e. The fourth-order valence-electron chi connectivity index (χ4n) is 1.46. The van der Waals surface area contributed by atoms with Crippen molar-refractivity contribution in [1.29, 1.82) is 0 Å². The van der Waals surface area contributed by atoms with Crippen LogP contribution in [0.1, 0.15) is 13.3 Å². The number of rotatable bonds is 7. The van der Waals surface area contributed by atoms with E-state index in [0.29, 0.717) is 11.4 Å². The van der Waals surface area contributed by atoms with Gasteiger partial charge in [0.05, 0.1) is 31.6 Å². The molecule has 0 aliphatic carbocycles. The summed E-state index contributed by atoms with van der Waals surface area (Å²) in [6.07, 6.45) is -0.208. The van der Waals surface area contributed by atoms with Gasteiger partial charge in [0, 0.05) is 11.8 Å². The molecular weight excluding hydrogens is 284 g/mol. The van der Waals surface area contributed by atoms with Gasteiger partial charge in [-0.2, -0.15) is 0 Å². The Bertz CT molecular complexity index is 571. The highest BCUT2D eigenvalue weighted by Crippen LogP contribution is 2.27. The summed E-state index contributed by atoms with van der Waals surface area (Å²) in [6, 6.07) is 4.55. The van der Waals surface area contributed by atoms with Crippen LogP contribution in [0.15, 0.2) is 18.2 Å². The number of benzene rings is 1. The summed E-state index contributed by atoms with van der Waals surface area (Å²) in [7, 11) is -2.26. The van der Waals surface area contributed by atoms with E-state index in [1.54, 1.807) is 13.0 Å². The molecule has 7 nitrogen and oxygen atoms in total. The monoisotopic (exact) mass is 302 g/mol. The number of ether oxygens (including phenoxy) is 2. The Hall–Kier alpha value is -1.96. The van der Waals surface area contributed by atoms with Crippen molar-refractivity contribution in [2.45, 2.75) is 13.3 Å². The maximum Gasteiger partial charge on any atom is 0.306 e. The highest BCUT2D eigenvalue weighted by atomic mass is 32.2. The van der Waals surface area contributed by atoms with Crippen LogP contribution in [0.2, 0.25) is 0 Å². The topological polar surface area (TPSA) is 108 Å². The number of carbonyl (C=O) groups excluding carboxylic acids is 1. The fraction of sp³-hybridized carbons (Fsp3) is 0.417. The molecule has 0 saturated carbocycles. The molecule has 1 aromatic carbocycles. The van der Waals surface area contributed by atoms with Crippen LogP contribution in [0.4, 0.5) is 11.4 Å². The summed E-state index contributed by atoms with van der Waals surface area (Å²) in [5.74, 6) is -0.605. The predicted octanol–water partition coefficient (Wildman–Crippen LogP) is 0.972. The molecule has 0 spiro atoms. The van der Waals surface area contributed by atoms with Crippen LogP contribution in [0.5, 0.6) is 5.75 Å². The lowest BCUT2D eigenvalue weighted by molar-refractivity contribution is -0.142. The van der Waals surface area contributed by atoms with E-state index < -0.39 is 16.0 Å². The number of methoxy groups -OCH3 is 1. The minimum Gasteiger partial charge on any atom is -0.494 e. The van der Waals surface area contributed by atoms with Crippen LogP contribution in [0, 0.1) is 0 Å². The molecule has 0 fully saturated rings. The second-order valence-electron chi connectivity index (χ2n) is 3.94. The summed E-state index contributed by atoms with van der Waals surface area (Å²) >= 11 is 0. The first-order valence-corrected chi connectivity index (χ1v) is 7.63. The van der Waals surface area contributed by atoms with Gasteiger partial charge in [-0.3, -0.25) is 9.52 Å². The summed E-state index contributed by atoms with van der Waals surface area (Å²) in [5.41, 5.74) is 6.30. The zero-order chi connectivity index (χ0) is 15.2. The van der Waals surface area contributed by atoms with Crippen molar-refractivity contribution in [1.82, 2.24) is 0 Å². The van der Waals surface area contributed by atoms with Crippen LogP contribution in [-0.2, 0) is 19.6 Å². The van der Waals surface area contributed by atoms with Gasteiger partial charge in [0.2, 0.25) is 10.0 Å². The molecule has 20 heavy (non-hydrogen) atoms. The third kappa shape index (κ3) is 4.96. The molecule has 0 amide bonds. The third-order valence-corrected chi connectivity index (χ3v) is 3.64. The van der Waals surface area contributed by atoms with E-state index in [9.17, 15) is 13.2 Å². The number of carbonyl (C=O) groups is 1. The third-order valence-electron chi connectivity index (χ3n) is 2.37. The maximum absolute atomic E-state index is 11.9. The number of hydrogen-bond acceptors (Lipinski definition) is 6. The first-order chi connectivity index (χ1) is 9.38. The van der Waals surface area contributed by atoms with Gasteiger partial charge in [0.25, 0.3) is 0 Å². The Balaban J connectivity index is 2.73. The number of hydrogen-bond donors (Lipinski definition) is 2. The summed E-state index contributed by atoms with van der Waals surface area (Å²) in [4.78, 5) is 11.2. The first-order valence-electron chi connectivity index (χ1n) is 5.97. The second-order valence-corrected chi connectivity index (χ2v) is 5.78. The normalized spacial score (nSPS) is 10.9. The Labute approximate surface area is 118 Å². The van der Waals surface area contributed by atoms with Gasteiger partial charge < -0.3 is 15.2 Å². The smallest absolute Gasteiger partial charge is 0.306 e. The molecule has 0 aliphatic rings. The predicted molar refractivity (Wildman–Crippen MR) is 76.1 cm³/mol. The highest BCUT2D eigenvalue weighted by molar-refractivity contribution is 7.92.